The number of rotatable bonds is 12. The molecule has 0 heterocycles. The molecule has 6 heteroatoms. The van der Waals surface area contributed by atoms with Gasteiger partial charge < -0.3 is 4.74 Å². The highest BCUT2D eigenvalue weighted by atomic mass is 32.2. The standard InChI is InChI=1S/C18H28O5S/c1-4-7-9-15(8-5-2)18(19)14-23-24(20,21)17-12-10-16(11-13-17)22-6-3/h10-13,15H,4-9,14H2,1-3H3. The summed E-state index contributed by atoms with van der Waals surface area (Å²) in [6.07, 6.45) is 4.42. The zero-order valence-corrected chi connectivity index (χ0v) is 15.6. The summed E-state index contributed by atoms with van der Waals surface area (Å²) in [6.45, 7) is 6.05. The van der Waals surface area contributed by atoms with Gasteiger partial charge in [0, 0.05) is 5.92 Å². The van der Waals surface area contributed by atoms with Crippen molar-refractivity contribution in [2.45, 2.75) is 57.8 Å². The molecule has 24 heavy (non-hydrogen) atoms. The van der Waals surface area contributed by atoms with Crippen molar-refractivity contribution >= 4 is 15.9 Å². The zero-order valence-electron chi connectivity index (χ0n) is 14.8. The Balaban J connectivity index is 2.67. The van der Waals surface area contributed by atoms with Crippen molar-refractivity contribution in [3.63, 3.8) is 0 Å². The fraction of sp³-hybridized carbons (Fsp3) is 0.611. The third-order valence-corrected chi connectivity index (χ3v) is 5.06. The molecule has 0 saturated heterocycles. The van der Waals surface area contributed by atoms with Crippen molar-refractivity contribution in [3.05, 3.63) is 24.3 Å². The summed E-state index contributed by atoms with van der Waals surface area (Å²) in [5, 5.41) is 0. The van der Waals surface area contributed by atoms with Crippen LogP contribution in [0.25, 0.3) is 0 Å². The fourth-order valence-corrected chi connectivity index (χ4v) is 3.33. The molecule has 0 aliphatic heterocycles. The van der Waals surface area contributed by atoms with Crippen molar-refractivity contribution in [2.24, 2.45) is 5.92 Å². The summed E-state index contributed by atoms with van der Waals surface area (Å²) in [5.74, 6) is 0.334. The third-order valence-electron chi connectivity index (χ3n) is 3.78. The van der Waals surface area contributed by atoms with Crippen LogP contribution in [0.1, 0.15) is 52.9 Å². The molecule has 0 N–H and O–H groups in total. The monoisotopic (exact) mass is 356 g/mol. The molecule has 1 unspecified atom stereocenters. The van der Waals surface area contributed by atoms with Crippen LogP contribution in [-0.4, -0.2) is 27.4 Å². The number of unbranched alkanes of at least 4 members (excludes halogenated alkanes) is 1. The number of benzene rings is 1. The summed E-state index contributed by atoms with van der Waals surface area (Å²) in [7, 11) is -3.93. The molecule has 0 fully saturated rings. The van der Waals surface area contributed by atoms with E-state index in [2.05, 4.69) is 6.92 Å². The van der Waals surface area contributed by atoms with Gasteiger partial charge in [-0.25, -0.2) is 0 Å². The van der Waals surface area contributed by atoms with E-state index in [1.807, 2.05) is 13.8 Å². The molecular formula is C18H28O5S. The second kappa shape index (κ2) is 10.5. The van der Waals surface area contributed by atoms with Crippen molar-refractivity contribution in [1.29, 1.82) is 0 Å². The summed E-state index contributed by atoms with van der Waals surface area (Å²) in [4.78, 5) is 12.3. The number of ketones is 1. The van der Waals surface area contributed by atoms with Crippen molar-refractivity contribution < 1.29 is 22.1 Å². The van der Waals surface area contributed by atoms with Crippen LogP contribution in [-0.2, 0) is 19.1 Å². The Morgan fingerprint density at radius 2 is 1.71 bits per heavy atom. The van der Waals surface area contributed by atoms with Gasteiger partial charge in [-0.3, -0.25) is 8.98 Å². The molecular weight excluding hydrogens is 328 g/mol. The number of Topliss-reactive ketones (excluding diaryl/α,β-unsaturated/α-hetero) is 1. The molecule has 136 valence electrons. The predicted octanol–water partition coefficient (Wildman–Crippen LogP) is 3.97. The summed E-state index contributed by atoms with van der Waals surface area (Å²) in [5.41, 5.74) is 0. The molecule has 0 amide bonds. The molecule has 1 aromatic rings. The SMILES string of the molecule is CCCCC(CCC)C(=O)COS(=O)(=O)c1ccc(OCC)cc1. The van der Waals surface area contributed by atoms with E-state index in [9.17, 15) is 13.2 Å². The zero-order chi connectivity index (χ0) is 18.0. The molecule has 0 aromatic heterocycles. The minimum absolute atomic E-state index is 0.0272. The first kappa shape index (κ1) is 20.6. The lowest BCUT2D eigenvalue weighted by Crippen LogP contribution is -2.22. The fourth-order valence-electron chi connectivity index (χ4n) is 2.46. The molecule has 0 bridgehead atoms. The molecule has 0 aliphatic rings. The maximum absolute atomic E-state index is 12.2. The molecule has 0 aliphatic carbocycles. The minimum Gasteiger partial charge on any atom is -0.494 e. The van der Waals surface area contributed by atoms with Gasteiger partial charge in [-0.15, -0.1) is 0 Å². The predicted molar refractivity (Wildman–Crippen MR) is 93.7 cm³/mol. The van der Waals surface area contributed by atoms with Crippen LogP contribution in [0.15, 0.2) is 29.2 Å². The molecule has 0 radical (unpaired) electrons. The van der Waals surface area contributed by atoms with Gasteiger partial charge in [0.1, 0.15) is 12.4 Å². The van der Waals surface area contributed by atoms with Crippen LogP contribution in [0.2, 0.25) is 0 Å². The van der Waals surface area contributed by atoms with Gasteiger partial charge in [-0.05, 0) is 44.0 Å². The highest BCUT2D eigenvalue weighted by Gasteiger charge is 2.22. The number of carbonyl (C=O) groups is 1. The highest BCUT2D eigenvalue weighted by Crippen LogP contribution is 2.20. The van der Waals surface area contributed by atoms with Crippen LogP contribution in [0.4, 0.5) is 0 Å². The summed E-state index contributed by atoms with van der Waals surface area (Å²) >= 11 is 0. The lowest BCUT2D eigenvalue weighted by molar-refractivity contribution is -0.125. The first-order chi connectivity index (χ1) is 11.4. The van der Waals surface area contributed by atoms with Crippen LogP contribution in [0, 0.1) is 5.92 Å². The molecule has 1 aromatic carbocycles. The number of hydrogen-bond acceptors (Lipinski definition) is 5. The maximum atomic E-state index is 12.2. The van der Waals surface area contributed by atoms with Gasteiger partial charge in [-0.1, -0.05) is 33.1 Å². The Bertz CT molecular complexity index is 592. The second-order valence-electron chi connectivity index (χ2n) is 5.71. The first-order valence-corrected chi connectivity index (χ1v) is 10.00. The van der Waals surface area contributed by atoms with Crippen LogP contribution >= 0.6 is 0 Å². The second-order valence-corrected chi connectivity index (χ2v) is 7.33. The van der Waals surface area contributed by atoms with Gasteiger partial charge in [0.25, 0.3) is 10.1 Å². The van der Waals surface area contributed by atoms with E-state index in [1.165, 1.54) is 12.1 Å². The smallest absolute Gasteiger partial charge is 0.297 e. The average molecular weight is 356 g/mol. The van der Waals surface area contributed by atoms with Gasteiger partial charge in [0.05, 0.1) is 11.5 Å². The van der Waals surface area contributed by atoms with Gasteiger partial charge in [-0.2, -0.15) is 8.42 Å². The minimum atomic E-state index is -3.93. The maximum Gasteiger partial charge on any atom is 0.297 e. The molecule has 1 rings (SSSR count). The largest absolute Gasteiger partial charge is 0.494 e. The molecule has 0 spiro atoms. The van der Waals surface area contributed by atoms with Crippen molar-refractivity contribution in [3.8, 4) is 5.75 Å². The molecule has 1 atom stereocenters. The normalized spacial score (nSPS) is 12.8. The van der Waals surface area contributed by atoms with E-state index in [4.69, 9.17) is 8.92 Å². The molecule has 0 saturated carbocycles. The van der Waals surface area contributed by atoms with E-state index in [-0.39, 0.29) is 16.6 Å². The lowest BCUT2D eigenvalue weighted by atomic mass is 9.93. The van der Waals surface area contributed by atoms with Crippen molar-refractivity contribution in [1.82, 2.24) is 0 Å². The Labute approximate surface area is 145 Å². The van der Waals surface area contributed by atoms with E-state index in [1.54, 1.807) is 12.1 Å². The average Bonchev–Trinajstić information content (AvgIpc) is 2.57. The summed E-state index contributed by atoms with van der Waals surface area (Å²) < 4.78 is 34.6. The van der Waals surface area contributed by atoms with E-state index in [0.29, 0.717) is 12.4 Å². The lowest BCUT2D eigenvalue weighted by Gasteiger charge is -2.14. The first-order valence-electron chi connectivity index (χ1n) is 8.59. The summed E-state index contributed by atoms with van der Waals surface area (Å²) in [6, 6.07) is 5.99. The Hall–Kier alpha value is -1.40. The van der Waals surface area contributed by atoms with Gasteiger partial charge >= 0.3 is 0 Å². The van der Waals surface area contributed by atoms with E-state index >= 15 is 0 Å². The third kappa shape index (κ3) is 6.61. The number of hydrogen-bond donors (Lipinski definition) is 0. The molecule has 5 nitrogen and oxygen atoms in total. The quantitative estimate of drug-likeness (QED) is 0.530. The Morgan fingerprint density at radius 3 is 2.25 bits per heavy atom. The van der Waals surface area contributed by atoms with E-state index in [0.717, 1.165) is 32.1 Å². The Kier molecular flexibility index (Phi) is 9.00. The van der Waals surface area contributed by atoms with Crippen LogP contribution < -0.4 is 4.74 Å². The van der Waals surface area contributed by atoms with Gasteiger partial charge in [0.15, 0.2) is 5.78 Å². The van der Waals surface area contributed by atoms with Crippen LogP contribution in [0.3, 0.4) is 0 Å². The number of ether oxygens (including phenoxy) is 1. The highest BCUT2D eigenvalue weighted by molar-refractivity contribution is 7.86. The Morgan fingerprint density at radius 1 is 1.04 bits per heavy atom. The van der Waals surface area contributed by atoms with Crippen LogP contribution in [0.5, 0.6) is 5.75 Å². The topological polar surface area (TPSA) is 69.7 Å². The van der Waals surface area contributed by atoms with E-state index < -0.39 is 16.7 Å². The van der Waals surface area contributed by atoms with Crippen molar-refractivity contribution in [2.75, 3.05) is 13.2 Å². The van der Waals surface area contributed by atoms with Gasteiger partial charge in [0.2, 0.25) is 0 Å². The number of carbonyl (C=O) groups excluding carboxylic acids is 1.